The summed E-state index contributed by atoms with van der Waals surface area (Å²) in [4.78, 5) is 24.1. The molecule has 1 aliphatic carbocycles. The summed E-state index contributed by atoms with van der Waals surface area (Å²) >= 11 is 0. The van der Waals surface area contributed by atoms with Crippen molar-refractivity contribution in [2.75, 3.05) is 20.3 Å². The van der Waals surface area contributed by atoms with Gasteiger partial charge >= 0.3 is 5.97 Å². The van der Waals surface area contributed by atoms with Gasteiger partial charge < -0.3 is 18.7 Å². The van der Waals surface area contributed by atoms with E-state index in [0.29, 0.717) is 32.5 Å². The van der Waals surface area contributed by atoms with E-state index >= 15 is 0 Å². The summed E-state index contributed by atoms with van der Waals surface area (Å²) in [7, 11) is 3.76. The second kappa shape index (κ2) is 13.7. The average Bonchev–Trinajstić information content (AvgIpc) is 3.34. The second-order valence-electron chi connectivity index (χ2n) is 9.05. The lowest BCUT2D eigenvalue weighted by molar-refractivity contribution is -0.171. The van der Waals surface area contributed by atoms with Gasteiger partial charge in [-0.2, -0.15) is 0 Å². The topological polar surface area (TPSA) is 71.1 Å². The number of hydrogen-bond donors (Lipinski definition) is 0. The predicted octanol–water partition coefficient (Wildman–Crippen LogP) is 5.01. The van der Waals surface area contributed by atoms with Crippen LogP contribution in [0.4, 0.5) is 0 Å². The van der Waals surface area contributed by atoms with Gasteiger partial charge in [0.2, 0.25) is 0 Å². The number of allylic oxidation sites excluding steroid dienone is 2. The van der Waals surface area contributed by atoms with E-state index in [9.17, 15) is 9.59 Å². The van der Waals surface area contributed by atoms with Crippen LogP contribution in [0.3, 0.4) is 0 Å². The molecule has 2 aliphatic rings. The molecule has 0 bridgehead atoms. The molecule has 4 unspecified atom stereocenters. The maximum absolute atomic E-state index is 12.7. The predicted molar refractivity (Wildman–Crippen MR) is 123 cm³/mol. The van der Waals surface area contributed by atoms with E-state index in [0.717, 1.165) is 32.1 Å². The zero-order valence-corrected chi connectivity index (χ0v) is 20.6. The first-order chi connectivity index (χ1) is 14.9. The molecule has 0 aromatic rings. The fourth-order valence-corrected chi connectivity index (χ4v) is 5.10. The van der Waals surface area contributed by atoms with Gasteiger partial charge in [-0.25, -0.2) is 0 Å². The highest BCUT2D eigenvalue weighted by molar-refractivity contribution is 7.09. The quantitative estimate of drug-likeness (QED) is 0.158. The Kier molecular flexibility index (Phi) is 11.7. The molecule has 31 heavy (non-hydrogen) atoms. The Labute approximate surface area is 190 Å². The summed E-state index contributed by atoms with van der Waals surface area (Å²) in [6, 6.07) is 0. The molecule has 0 radical (unpaired) electrons. The van der Waals surface area contributed by atoms with Crippen molar-refractivity contribution >= 4 is 21.2 Å². The lowest BCUT2D eigenvalue weighted by Crippen LogP contribution is -2.32. The minimum absolute atomic E-state index is 0.0354. The van der Waals surface area contributed by atoms with E-state index < -0.39 is 5.79 Å². The third-order valence-corrected chi connectivity index (χ3v) is 7.01. The molecule has 2 fully saturated rings. The van der Waals surface area contributed by atoms with Crippen molar-refractivity contribution in [3.63, 3.8) is 0 Å². The van der Waals surface area contributed by atoms with Gasteiger partial charge in [-0.05, 0) is 37.5 Å². The first kappa shape index (κ1) is 26.4. The van der Waals surface area contributed by atoms with Crippen LogP contribution in [0.15, 0.2) is 12.2 Å². The Morgan fingerprint density at radius 3 is 2.65 bits per heavy atom. The molecule has 1 aliphatic heterocycles. The van der Waals surface area contributed by atoms with Crippen molar-refractivity contribution in [1.82, 2.24) is 0 Å². The molecule has 178 valence electrons. The number of ether oxygens (including phenoxy) is 3. The molecule has 0 aromatic heterocycles. The van der Waals surface area contributed by atoms with Crippen LogP contribution >= 0.6 is 9.47 Å². The van der Waals surface area contributed by atoms with Gasteiger partial charge in [0.15, 0.2) is 5.79 Å². The number of hydrogen-bond acceptors (Lipinski definition) is 6. The summed E-state index contributed by atoms with van der Waals surface area (Å²) in [6.07, 6.45) is 12.5. The standard InChI is InChI=1S/C24H41O6P/c1-4-5-8-12-24(28-14-15-29-24)13-11-20-19(21(25)17-22(20)30-31)10-7-6-9-18(2)16-23(26)27-3/h6-7,18-20,22H,4-5,8-17,31H2,1-3H3/b7-6-/t18?,19?,20-,22?/m1/s1. The monoisotopic (exact) mass is 456 g/mol. The number of Topliss-reactive ketones (excluding diaryl/α,β-unsaturated/α-hetero) is 1. The normalized spacial score (nSPS) is 26.6. The minimum atomic E-state index is -0.490. The number of methoxy groups -OCH3 is 1. The van der Waals surface area contributed by atoms with Gasteiger partial charge in [0.05, 0.1) is 26.4 Å². The van der Waals surface area contributed by atoms with Gasteiger partial charge in [0.1, 0.15) is 5.78 Å². The molecule has 5 atom stereocenters. The van der Waals surface area contributed by atoms with Gasteiger partial charge in [-0.1, -0.05) is 38.8 Å². The minimum Gasteiger partial charge on any atom is -0.469 e. The van der Waals surface area contributed by atoms with Crippen molar-refractivity contribution in [1.29, 1.82) is 0 Å². The molecule has 0 amide bonds. The smallest absolute Gasteiger partial charge is 0.305 e. The summed E-state index contributed by atoms with van der Waals surface area (Å²) in [6.45, 7) is 5.52. The molecule has 1 saturated carbocycles. The van der Waals surface area contributed by atoms with E-state index in [4.69, 9.17) is 18.7 Å². The summed E-state index contributed by atoms with van der Waals surface area (Å²) < 4.78 is 22.4. The van der Waals surface area contributed by atoms with E-state index in [-0.39, 0.29) is 35.6 Å². The van der Waals surface area contributed by atoms with Crippen LogP contribution in [0.25, 0.3) is 0 Å². The van der Waals surface area contributed by atoms with Crippen LogP contribution in [0, 0.1) is 17.8 Å². The fraction of sp³-hybridized carbons (Fsp3) is 0.833. The van der Waals surface area contributed by atoms with Crippen molar-refractivity contribution in [2.45, 2.75) is 89.9 Å². The SMILES string of the molecule is CCCCCC1(CC[C@H]2C(OP)CC(=O)C2C/C=C\CC(C)CC(=O)OC)OCCO1. The highest BCUT2D eigenvalue weighted by atomic mass is 31.0. The zero-order chi connectivity index (χ0) is 22.7. The molecule has 0 aromatic carbocycles. The number of unbranched alkanes of at least 4 members (excludes halogenated alkanes) is 2. The lowest BCUT2D eigenvalue weighted by Gasteiger charge is -2.31. The third-order valence-electron chi connectivity index (χ3n) is 6.66. The van der Waals surface area contributed by atoms with Crippen molar-refractivity contribution in [3.8, 4) is 0 Å². The maximum Gasteiger partial charge on any atom is 0.305 e. The van der Waals surface area contributed by atoms with Crippen LogP contribution in [-0.2, 0) is 28.3 Å². The number of rotatable bonds is 14. The summed E-state index contributed by atoms with van der Waals surface area (Å²) in [5.74, 6) is -0.0448. The highest BCUT2D eigenvalue weighted by Crippen LogP contribution is 2.41. The van der Waals surface area contributed by atoms with Crippen LogP contribution < -0.4 is 0 Å². The van der Waals surface area contributed by atoms with Gasteiger partial charge in [0, 0.05) is 41.1 Å². The Bertz CT molecular complexity index is 587. The van der Waals surface area contributed by atoms with Crippen molar-refractivity contribution in [3.05, 3.63) is 12.2 Å². The molecule has 6 nitrogen and oxygen atoms in total. The zero-order valence-electron chi connectivity index (χ0n) is 19.5. The Hall–Kier alpha value is -0.810. The molecule has 0 N–H and O–H groups in total. The summed E-state index contributed by atoms with van der Waals surface area (Å²) in [5, 5.41) is 0. The summed E-state index contributed by atoms with van der Waals surface area (Å²) in [5.41, 5.74) is 0. The van der Waals surface area contributed by atoms with E-state index in [1.54, 1.807) is 0 Å². The Morgan fingerprint density at radius 2 is 2.00 bits per heavy atom. The molecule has 0 spiro atoms. The Balaban J connectivity index is 1.91. The largest absolute Gasteiger partial charge is 0.469 e. The molecular formula is C24H41O6P. The molecular weight excluding hydrogens is 415 g/mol. The van der Waals surface area contributed by atoms with Gasteiger partial charge in [-0.3, -0.25) is 9.59 Å². The Morgan fingerprint density at radius 1 is 1.26 bits per heavy atom. The number of ketones is 1. The van der Waals surface area contributed by atoms with Crippen LogP contribution in [0.2, 0.25) is 0 Å². The van der Waals surface area contributed by atoms with Crippen molar-refractivity contribution < 1.29 is 28.3 Å². The van der Waals surface area contributed by atoms with Crippen LogP contribution in [-0.4, -0.2) is 44.0 Å². The number of carbonyl (C=O) groups excluding carboxylic acids is 2. The van der Waals surface area contributed by atoms with E-state index in [2.05, 4.69) is 28.5 Å². The first-order valence-electron chi connectivity index (χ1n) is 11.8. The van der Waals surface area contributed by atoms with Crippen LogP contribution in [0.1, 0.15) is 78.1 Å². The second-order valence-corrected chi connectivity index (χ2v) is 9.32. The van der Waals surface area contributed by atoms with Crippen molar-refractivity contribution in [2.24, 2.45) is 17.8 Å². The van der Waals surface area contributed by atoms with E-state index in [1.807, 2.05) is 6.92 Å². The molecule has 1 saturated heterocycles. The maximum atomic E-state index is 12.7. The molecule has 7 heteroatoms. The fourth-order valence-electron chi connectivity index (χ4n) is 4.81. The average molecular weight is 457 g/mol. The number of carbonyl (C=O) groups is 2. The lowest BCUT2D eigenvalue weighted by atomic mass is 9.85. The molecule has 2 rings (SSSR count). The highest BCUT2D eigenvalue weighted by Gasteiger charge is 2.44. The number of esters is 1. The van der Waals surface area contributed by atoms with E-state index in [1.165, 1.54) is 20.0 Å². The first-order valence-corrected chi connectivity index (χ1v) is 12.3. The van der Waals surface area contributed by atoms with Gasteiger partial charge in [0.25, 0.3) is 0 Å². The van der Waals surface area contributed by atoms with Crippen LogP contribution in [0.5, 0.6) is 0 Å². The third kappa shape index (κ3) is 8.24. The molecule has 1 heterocycles. The van der Waals surface area contributed by atoms with Gasteiger partial charge in [-0.15, -0.1) is 0 Å².